The number of amides is 1. The molecule has 5 nitrogen and oxygen atoms in total. The molecule has 1 rings (SSSR count). The predicted molar refractivity (Wildman–Crippen MR) is 56.5 cm³/mol. The zero-order valence-electron chi connectivity index (χ0n) is 9.78. The van der Waals surface area contributed by atoms with Crippen molar-refractivity contribution in [1.82, 2.24) is 5.32 Å². The Bertz CT molecular complexity index is 293. The third kappa shape index (κ3) is 2.81. The Kier molecular flexibility index (Phi) is 4.04. The van der Waals surface area contributed by atoms with Crippen LogP contribution in [0.15, 0.2) is 0 Å². The third-order valence-corrected chi connectivity index (χ3v) is 2.57. The first-order valence-corrected chi connectivity index (χ1v) is 5.36. The molecule has 0 radical (unpaired) electrons. The van der Waals surface area contributed by atoms with Gasteiger partial charge in [-0.2, -0.15) is 0 Å². The van der Waals surface area contributed by atoms with E-state index in [9.17, 15) is 14.4 Å². The Labute approximate surface area is 94.5 Å². The number of esters is 1. The van der Waals surface area contributed by atoms with E-state index in [2.05, 4.69) is 10.1 Å². The second kappa shape index (κ2) is 5.09. The topological polar surface area (TPSA) is 72.5 Å². The number of piperidine rings is 1. The van der Waals surface area contributed by atoms with Gasteiger partial charge in [0, 0.05) is 12.5 Å². The molecule has 5 heteroatoms. The quantitative estimate of drug-likeness (QED) is 0.555. The summed E-state index contributed by atoms with van der Waals surface area (Å²) < 4.78 is 4.43. The molecule has 1 aliphatic rings. The molecule has 1 amide bonds. The van der Waals surface area contributed by atoms with Crippen LogP contribution in [0, 0.1) is 11.8 Å². The van der Waals surface area contributed by atoms with Gasteiger partial charge in [0.1, 0.15) is 0 Å². The smallest absolute Gasteiger partial charge is 0.325 e. The second-order valence-electron chi connectivity index (χ2n) is 4.46. The maximum atomic E-state index is 11.6. The van der Waals surface area contributed by atoms with Gasteiger partial charge in [-0.15, -0.1) is 0 Å². The number of carbonyl (C=O) groups is 3. The number of nitrogens with one attached hydrogen (secondary N) is 1. The van der Waals surface area contributed by atoms with Crippen LogP contribution in [0.5, 0.6) is 0 Å². The van der Waals surface area contributed by atoms with Gasteiger partial charge >= 0.3 is 5.97 Å². The van der Waals surface area contributed by atoms with Crippen molar-refractivity contribution >= 4 is 17.7 Å². The van der Waals surface area contributed by atoms with Crippen molar-refractivity contribution < 1.29 is 19.1 Å². The summed E-state index contributed by atoms with van der Waals surface area (Å²) in [5.74, 6) is -2.53. The molecule has 1 saturated heterocycles. The largest absolute Gasteiger partial charge is 0.468 e. The number of rotatable bonds is 3. The molecule has 0 aromatic heterocycles. The van der Waals surface area contributed by atoms with Crippen LogP contribution in [0.25, 0.3) is 0 Å². The second-order valence-corrected chi connectivity index (χ2v) is 4.46. The van der Waals surface area contributed by atoms with Crippen LogP contribution in [0.2, 0.25) is 0 Å². The van der Waals surface area contributed by atoms with Gasteiger partial charge in [-0.3, -0.25) is 14.4 Å². The number of carbonyl (C=O) groups excluding carboxylic acids is 3. The predicted octanol–water partition coefficient (Wildman–Crippen LogP) is 0.279. The van der Waals surface area contributed by atoms with Crippen LogP contribution in [-0.2, 0) is 19.1 Å². The minimum absolute atomic E-state index is 0.152. The molecule has 1 aliphatic heterocycles. The number of hydrogen-bond acceptors (Lipinski definition) is 4. The first-order valence-electron chi connectivity index (χ1n) is 5.36. The van der Waals surface area contributed by atoms with Gasteiger partial charge < -0.3 is 10.1 Å². The molecule has 2 atom stereocenters. The van der Waals surface area contributed by atoms with Gasteiger partial charge in [-0.1, -0.05) is 13.8 Å². The molecule has 0 spiro atoms. The minimum atomic E-state index is -1.27. The number of Topliss-reactive ketones (excluding diaryl/α,β-unsaturated/α-hetero) is 1. The Morgan fingerprint density at radius 2 is 2.12 bits per heavy atom. The molecule has 1 N–H and O–H groups in total. The molecule has 0 bridgehead atoms. The normalized spacial score (nSPS) is 25.5. The Morgan fingerprint density at radius 1 is 1.50 bits per heavy atom. The molecular weight excluding hydrogens is 210 g/mol. The highest BCUT2D eigenvalue weighted by atomic mass is 16.5. The van der Waals surface area contributed by atoms with E-state index >= 15 is 0 Å². The highest BCUT2D eigenvalue weighted by Crippen LogP contribution is 2.18. The lowest BCUT2D eigenvalue weighted by atomic mass is 9.88. The maximum absolute atomic E-state index is 11.6. The molecule has 16 heavy (non-hydrogen) atoms. The van der Waals surface area contributed by atoms with E-state index in [1.807, 2.05) is 13.8 Å². The van der Waals surface area contributed by atoms with Gasteiger partial charge in [0.25, 0.3) is 0 Å². The zero-order valence-corrected chi connectivity index (χ0v) is 9.78. The van der Waals surface area contributed by atoms with E-state index in [-0.39, 0.29) is 18.2 Å². The molecule has 2 unspecified atom stereocenters. The summed E-state index contributed by atoms with van der Waals surface area (Å²) in [6.07, 6.45) is 0.953. The lowest BCUT2D eigenvalue weighted by molar-refractivity contribution is -0.155. The summed E-state index contributed by atoms with van der Waals surface area (Å²) in [6.45, 7) is 4.03. The molecule has 0 saturated carbocycles. The fourth-order valence-corrected chi connectivity index (χ4v) is 1.91. The Morgan fingerprint density at radius 3 is 2.56 bits per heavy atom. The maximum Gasteiger partial charge on any atom is 0.325 e. The van der Waals surface area contributed by atoms with Crippen molar-refractivity contribution in [2.45, 2.75) is 32.7 Å². The van der Waals surface area contributed by atoms with Crippen LogP contribution in [0.1, 0.15) is 26.7 Å². The van der Waals surface area contributed by atoms with Crippen LogP contribution in [-0.4, -0.2) is 30.8 Å². The van der Waals surface area contributed by atoms with Gasteiger partial charge in [0.2, 0.25) is 5.91 Å². The van der Waals surface area contributed by atoms with E-state index in [0.717, 1.165) is 6.42 Å². The van der Waals surface area contributed by atoms with Crippen molar-refractivity contribution in [3.63, 3.8) is 0 Å². The van der Waals surface area contributed by atoms with E-state index < -0.39 is 17.8 Å². The van der Waals surface area contributed by atoms with E-state index in [4.69, 9.17) is 0 Å². The van der Waals surface area contributed by atoms with E-state index in [1.165, 1.54) is 7.11 Å². The van der Waals surface area contributed by atoms with Crippen LogP contribution < -0.4 is 5.32 Å². The fraction of sp³-hybridized carbons (Fsp3) is 0.727. The van der Waals surface area contributed by atoms with Crippen molar-refractivity contribution in [2.75, 3.05) is 7.11 Å². The minimum Gasteiger partial charge on any atom is -0.468 e. The zero-order chi connectivity index (χ0) is 12.3. The summed E-state index contributed by atoms with van der Waals surface area (Å²) in [5, 5.41) is 2.68. The fourth-order valence-electron chi connectivity index (χ4n) is 1.91. The lowest BCUT2D eigenvalue weighted by Gasteiger charge is -2.27. The third-order valence-electron chi connectivity index (χ3n) is 2.57. The van der Waals surface area contributed by atoms with Crippen LogP contribution >= 0.6 is 0 Å². The highest BCUT2D eigenvalue weighted by Gasteiger charge is 2.40. The highest BCUT2D eigenvalue weighted by molar-refractivity contribution is 6.18. The molecule has 0 aromatic carbocycles. The summed E-state index contributed by atoms with van der Waals surface area (Å²) in [5.41, 5.74) is 0. The summed E-state index contributed by atoms with van der Waals surface area (Å²) in [6, 6.07) is -0.152. The molecule has 1 fully saturated rings. The monoisotopic (exact) mass is 227 g/mol. The summed E-state index contributed by atoms with van der Waals surface area (Å²) in [4.78, 5) is 34.4. The van der Waals surface area contributed by atoms with Crippen molar-refractivity contribution in [1.29, 1.82) is 0 Å². The van der Waals surface area contributed by atoms with Gasteiger partial charge in [0.05, 0.1) is 7.11 Å². The summed E-state index contributed by atoms with van der Waals surface area (Å²) >= 11 is 0. The molecule has 0 aliphatic carbocycles. The number of hydrogen-bond donors (Lipinski definition) is 1. The van der Waals surface area contributed by atoms with Gasteiger partial charge in [0.15, 0.2) is 11.7 Å². The standard InChI is InChI=1S/C11H17NO4/c1-6(2)4-7-5-8(13)9(10(14)12-7)11(15)16-3/h6-7,9H,4-5H2,1-3H3,(H,12,14). The van der Waals surface area contributed by atoms with Crippen LogP contribution in [0.4, 0.5) is 0 Å². The number of ether oxygens (including phenoxy) is 1. The average Bonchev–Trinajstić information content (AvgIpc) is 2.15. The Hall–Kier alpha value is -1.39. The Balaban J connectivity index is 2.68. The van der Waals surface area contributed by atoms with Crippen molar-refractivity contribution in [3.05, 3.63) is 0 Å². The van der Waals surface area contributed by atoms with Gasteiger partial charge in [-0.05, 0) is 12.3 Å². The van der Waals surface area contributed by atoms with Crippen molar-refractivity contribution in [2.24, 2.45) is 11.8 Å². The SMILES string of the molecule is COC(=O)C1C(=O)CC(CC(C)C)NC1=O. The average molecular weight is 227 g/mol. The van der Waals surface area contributed by atoms with Gasteiger partial charge in [-0.25, -0.2) is 0 Å². The first kappa shape index (κ1) is 12.7. The lowest BCUT2D eigenvalue weighted by Crippen LogP contribution is -2.52. The molecule has 90 valence electrons. The molecule has 1 heterocycles. The number of ketones is 1. The summed E-state index contributed by atoms with van der Waals surface area (Å²) in [7, 11) is 1.17. The molecular formula is C11H17NO4. The number of methoxy groups -OCH3 is 1. The van der Waals surface area contributed by atoms with Crippen molar-refractivity contribution in [3.8, 4) is 0 Å². The van der Waals surface area contributed by atoms with E-state index in [1.54, 1.807) is 0 Å². The van der Waals surface area contributed by atoms with Crippen LogP contribution in [0.3, 0.4) is 0 Å². The van der Waals surface area contributed by atoms with E-state index in [0.29, 0.717) is 5.92 Å². The molecule has 0 aromatic rings. The first-order chi connectivity index (χ1) is 7.45.